The van der Waals surface area contributed by atoms with Crippen LogP contribution in [0.15, 0.2) is 0 Å². The summed E-state index contributed by atoms with van der Waals surface area (Å²) in [5, 5.41) is 0. The number of rotatable bonds is 4. The first-order chi connectivity index (χ1) is 6.42. The monoisotopic (exact) mass is 194 g/mol. The SMILES string of the molecule is CC(C)CC#CCCCCC(C)(C)C. The van der Waals surface area contributed by atoms with Crippen molar-refractivity contribution in [3.05, 3.63) is 0 Å². The fourth-order valence-electron chi connectivity index (χ4n) is 1.23. The van der Waals surface area contributed by atoms with E-state index in [2.05, 4.69) is 46.5 Å². The van der Waals surface area contributed by atoms with Gasteiger partial charge in [-0.3, -0.25) is 0 Å². The van der Waals surface area contributed by atoms with Crippen LogP contribution in [0.3, 0.4) is 0 Å². The summed E-state index contributed by atoms with van der Waals surface area (Å²) in [7, 11) is 0. The van der Waals surface area contributed by atoms with Gasteiger partial charge < -0.3 is 0 Å². The summed E-state index contributed by atoms with van der Waals surface area (Å²) in [5.74, 6) is 7.20. The molecule has 0 saturated heterocycles. The Kier molecular flexibility index (Phi) is 6.71. The third-order valence-corrected chi connectivity index (χ3v) is 2.11. The van der Waals surface area contributed by atoms with Crippen LogP contribution in [-0.4, -0.2) is 0 Å². The van der Waals surface area contributed by atoms with E-state index >= 15 is 0 Å². The van der Waals surface area contributed by atoms with Crippen molar-refractivity contribution in [1.82, 2.24) is 0 Å². The molecular weight excluding hydrogens is 168 g/mol. The fourth-order valence-corrected chi connectivity index (χ4v) is 1.23. The third kappa shape index (κ3) is 11.6. The average molecular weight is 194 g/mol. The maximum absolute atomic E-state index is 3.25. The Balaban J connectivity index is 3.32. The van der Waals surface area contributed by atoms with Crippen LogP contribution in [0.5, 0.6) is 0 Å². The summed E-state index contributed by atoms with van der Waals surface area (Å²) in [6, 6.07) is 0. The van der Waals surface area contributed by atoms with E-state index in [0.29, 0.717) is 5.41 Å². The predicted octanol–water partition coefficient (Wildman–Crippen LogP) is 4.64. The van der Waals surface area contributed by atoms with E-state index in [1.165, 1.54) is 19.3 Å². The van der Waals surface area contributed by atoms with Crippen molar-refractivity contribution in [1.29, 1.82) is 0 Å². The predicted molar refractivity (Wildman–Crippen MR) is 65.2 cm³/mol. The molecule has 0 aliphatic rings. The van der Waals surface area contributed by atoms with Crippen LogP contribution in [0.4, 0.5) is 0 Å². The maximum atomic E-state index is 3.25. The van der Waals surface area contributed by atoms with Gasteiger partial charge in [0.1, 0.15) is 0 Å². The highest BCUT2D eigenvalue weighted by atomic mass is 14.1. The lowest BCUT2D eigenvalue weighted by Crippen LogP contribution is -2.03. The molecule has 0 amide bonds. The van der Waals surface area contributed by atoms with E-state index in [4.69, 9.17) is 0 Å². The van der Waals surface area contributed by atoms with E-state index in [0.717, 1.165) is 18.8 Å². The standard InChI is InChI=1S/C14H26/c1-13(2)11-9-7-6-8-10-12-14(3,4)5/h13H,6,8,10-12H2,1-5H3. The molecular formula is C14H26. The third-order valence-electron chi connectivity index (χ3n) is 2.11. The molecule has 0 radical (unpaired) electrons. The molecule has 0 aromatic rings. The summed E-state index contributed by atoms with van der Waals surface area (Å²) in [6.45, 7) is 11.3. The van der Waals surface area contributed by atoms with Gasteiger partial charge >= 0.3 is 0 Å². The van der Waals surface area contributed by atoms with Crippen LogP contribution in [0.25, 0.3) is 0 Å². The highest BCUT2D eigenvalue weighted by molar-refractivity contribution is 4.99. The molecule has 0 spiro atoms. The van der Waals surface area contributed by atoms with Gasteiger partial charge in [-0.25, -0.2) is 0 Å². The van der Waals surface area contributed by atoms with Gasteiger partial charge in [-0.05, 0) is 24.2 Å². The molecule has 0 heteroatoms. The van der Waals surface area contributed by atoms with E-state index < -0.39 is 0 Å². The first-order valence-electron chi connectivity index (χ1n) is 5.87. The Morgan fingerprint density at radius 1 is 1.00 bits per heavy atom. The molecule has 0 saturated carbocycles. The van der Waals surface area contributed by atoms with Crippen molar-refractivity contribution in [2.75, 3.05) is 0 Å². The zero-order valence-electron chi connectivity index (χ0n) is 10.6. The molecule has 0 bridgehead atoms. The molecule has 0 aliphatic carbocycles. The Hall–Kier alpha value is -0.440. The largest absolute Gasteiger partial charge is 0.103 e. The van der Waals surface area contributed by atoms with Gasteiger partial charge in [0, 0.05) is 12.8 Å². The molecule has 82 valence electrons. The molecule has 0 rings (SSSR count). The van der Waals surface area contributed by atoms with Crippen LogP contribution in [-0.2, 0) is 0 Å². The van der Waals surface area contributed by atoms with Crippen LogP contribution in [0, 0.1) is 23.2 Å². The molecule has 0 nitrogen and oxygen atoms in total. The first kappa shape index (κ1) is 13.6. The number of hydrogen-bond acceptors (Lipinski definition) is 0. The number of hydrogen-bond donors (Lipinski definition) is 0. The van der Waals surface area contributed by atoms with Crippen LogP contribution in [0.2, 0.25) is 0 Å². The zero-order chi connectivity index (χ0) is 11.0. The maximum Gasteiger partial charge on any atom is 0.0112 e. The minimum Gasteiger partial charge on any atom is -0.103 e. The lowest BCUT2D eigenvalue weighted by Gasteiger charge is -2.16. The normalized spacial score (nSPS) is 11.3. The second kappa shape index (κ2) is 6.93. The van der Waals surface area contributed by atoms with Gasteiger partial charge in [0.15, 0.2) is 0 Å². The van der Waals surface area contributed by atoms with Crippen molar-refractivity contribution >= 4 is 0 Å². The quantitative estimate of drug-likeness (QED) is 0.451. The summed E-state index contributed by atoms with van der Waals surface area (Å²) in [5.41, 5.74) is 0.491. The Bertz CT molecular complexity index is 182. The summed E-state index contributed by atoms with van der Waals surface area (Å²) >= 11 is 0. The molecule has 0 atom stereocenters. The smallest absolute Gasteiger partial charge is 0.0112 e. The number of unbranched alkanes of at least 4 members (excludes halogenated alkanes) is 2. The molecule has 0 aromatic heterocycles. The molecule has 0 fully saturated rings. The second-order valence-corrected chi connectivity index (χ2v) is 5.72. The van der Waals surface area contributed by atoms with Gasteiger partial charge in [-0.2, -0.15) is 0 Å². The zero-order valence-corrected chi connectivity index (χ0v) is 10.6. The van der Waals surface area contributed by atoms with Gasteiger partial charge in [-0.15, -0.1) is 11.8 Å². The second-order valence-electron chi connectivity index (χ2n) is 5.72. The molecule has 0 aromatic carbocycles. The highest BCUT2D eigenvalue weighted by Gasteiger charge is 2.08. The summed E-state index contributed by atoms with van der Waals surface area (Å²) < 4.78 is 0. The minimum atomic E-state index is 0.491. The molecule has 0 heterocycles. The van der Waals surface area contributed by atoms with E-state index in [-0.39, 0.29) is 0 Å². The van der Waals surface area contributed by atoms with Gasteiger partial charge in [0.05, 0.1) is 0 Å². The van der Waals surface area contributed by atoms with Crippen molar-refractivity contribution in [2.24, 2.45) is 11.3 Å². The van der Waals surface area contributed by atoms with Crippen LogP contribution < -0.4 is 0 Å². The van der Waals surface area contributed by atoms with Crippen LogP contribution in [0.1, 0.15) is 66.7 Å². The highest BCUT2D eigenvalue weighted by Crippen LogP contribution is 2.21. The average Bonchev–Trinajstić information content (AvgIpc) is 2.00. The molecule has 14 heavy (non-hydrogen) atoms. The topological polar surface area (TPSA) is 0 Å². The lowest BCUT2D eigenvalue weighted by atomic mass is 9.89. The minimum absolute atomic E-state index is 0.491. The van der Waals surface area contributed by atoms with Crippen molar-refractivity contribution in [3.8, 4) is 11.8 Å². The molecule has 0 unspecified atom stereocenters. The fraction of sp³-hybridized carbons (Fsp3) is 0.857. The lowest BCUT2D eigenvalue weighted by molar-refractivity contribution is 0.361. The van der Waals surface area contributed by atoms with E-state index in [1.54, 1.807) is 0 Å². The van der Waals surface area contributed by atoms with E-state index in [1.807, 2.05) is 0 Å². The van der Waals surface area contributed by atoms with Crippen LogP contribution >= 0.6 is 0 Å². The van der Waals surface area contributed by atoms with Crippen molar-refractivity contribution in [2.45, 2.75) is 66.7 Å². The summed E-state index contributed by atoms with van der Waals surface area (Å²) in [6.07, 6.45) is 6.04. The van der Waals surface area contributed by atoms with E-state index in [9.17, 15) is 0 Å². The van der Waals surface area contributed by atoms with Crippen molar-refractivity contribution < 1.29 is 0 Å². The Labute approximate surface area is 90.5 Å². The molecule has 0 aliphatic heterocycles. The van der Waals surface area contributed by atoms with Crippen molar-refractivity contribution in [3.63, 3.8) is 0 Å². The molecule has 0 N–H and O–H groups in total. The summed E-state index contributed by atoms with van der Waals surface area (Å²) in [4.78, 5) is 0. The first-order valence-corrected chi connectivity index (χ1v) is 5.87. The Morgan fingerprint density at radius 3 is 2.14 bits per heavy atom. The van der Waals surface area contributed by atoms with Gasteiger partial charge in [0.2, 0.25) is 0 Å². The van der Waals surface area contributed by atoms with Gasteiger partial charge in [0.25, 0.3) is 0 Å². The van der Waals surface area contributed by atoms with Gasteiger partial charge in [-0.1, -0.05) is 41.0 Å². The Morgan fingerprint density at radius 2 is 1.64 bits per heavy atom.